The predicted molar refractivity (Wildman–Crippen MR) is 85.2 cm³/mol. The van der Waals surface area contributed by atoms with Crippen LogP contribution in [0.4, 0.5) is 4.79 Å². The molecule has 0 aliphatic carbocycles. The summed E-state index contributed by atoms with van der Waals surface area (Å²) in [5.41, 5.74) is -0.749. The van der Waals surface area contributed by atoms with Crippen LogP contribution in [-0.2, 0) is 4.79 Å². The molecule has 3 amide bonds. The van der Waals surface area contributed by atoms with Gasteiger partial charge in [-0.05, 0) is 52.7 Å². The first-order chi connectivity index (χ1) is 9.92. The summed E-state index contributed by atoms with van der Waals surface area (Å²) in [6.45, 7) is 11.6. The largest absolute Gasteiger partial charge is 0.325 e. The van der Waals surface area contributed by atoms with Crippen molar-refractivity contribution in [2.24, 2.45) is 0 Å². The van der Waals surface area contributed by atoms with Gasteiger partial charge in [0, 0.05) is 6.54 Å². The van der Waals surface area contributed by atoms with Crippen LogP contribution in [0.25, 0.3) is 0 Å². The van der Waals surface area contributed by atoms with Crippen LogP contribution in [-0.4, -0.2) is 53.5 Å². The Morgan fingerprint density at radius 3 is 1.95 bits per heavy atom. The summed E-state index contributed by atoms with van der Waals surface area (Å²) in [5, 5.41) is 2.72. The minimum Gasteiger partial charge on any atom is -0.324 e. The highest BCUT2D eigenvalue weighted by Crippen LogP contribution is 2.16. The van der Waals surface area contributed by atoms with Gasteiger partial charge in [-0.2, -0.15) is 0 Å². The van der Waals surface area contributed by atoms with E-state index in [-0.39, 0.29) is 11.9 Å². The molecule has 0 saturated carbocycles. The smallest absolute Gasteiger partial charge is 0.324 e. The Morgan fingerprint density at radius 1 is 1.00 bits per heavy atom. The molecule has 0 aromatic carbocycles. The van der Waals surface area contributed by atoms with Crippen molar-refractivity contribution < 1.29 is 9.59 Å². The fraction of sp³-hybridized carbons (Fsp3) is 0.875. The minimum atomic E-state index is -0.749. The molecule has 1 fully saturated rings. The van der Waals surface area contributed by atoms with E-state index in [4.69, 9.17) is 0 Å². The van der Waals surface area contributed by atoms with Crippen molar-refractivity contribution in [1.82, 2.24) is 15.1 Å². The van der Waals surface area contributed by atoms with Crippen molar-refractivity contribution in [3.63, 3.8) is 0 Å². The second-order valence-corrected chi connectivity index (χ2v) is 6.41. The van der Waals surface area contributed by atoms with Crippen LogP contribution in [0, 0.1) is 0 Å². The van der Waals surface area contributed by atoms with E-state index in [9.17, 15) is 9.59 Å². The fourth-order valence-electron chi connectivity index (χ4n) is 2.57. The summed E-state index contributed by atoms with van der Waals surface area (Å²) in [6.07, 6.45) is 5.66. The van der Waals surface area contributed by atoms with Crippen molar-refractivity contribution >= 4 is 11.9 Å². The van der Waals surface area contributed by atoms with Crippen LogP contribution in [0.15, 0.2) is 0 Å². The predicted octanol–water partition coefficient (Wildman–Crippen LogP) is 2.61. The van der Waals surface area contributed by atoms with Crippen LogP contribution in [0.2, 0.25) is 0 Å². The third-order valence-corrected chi connectivity index (χ3v) is 3.96. The lowest BCUT2D eigenvalue weighted by Crippen LogP contribution is -2.40. The van der Waals surface area contributed by atoms with Gasteiger partial charge in [0.05, 0.1) is 0 Å². The molecule has 5 heteroatoms. The number of carbonyl (C=O) groups excluding carboxylic acids is 2. The highest BCUT2D eigenvalue weighted by molar-refractivity contribution is 6.06. The first kappa shape index (κ1) is 18.0. The number of hydrogen-bond donors (Lipinski definition) is 1. The molecule has 0 bridgehead atoms. The number of amides is 3. The normalized spacial score (nSPS) is 17.7. The molecule has 0 aromatic rings. The Bertz CT molecular complexity index is 347. The minimum absolute atomic E-state index is 0.110. The van der Waals surface area contributed by atoms with E-state index >= 15 is 0 Å². The standard InChI is InChI=1S/C16H31N3O2/c1-5-7-10-18(11-8-6-2)12-9-13-19-14(20)16(3,4)17-15(19)21/h5-13H2,1-4H3,(H,17,21). The zero-order valence-electron chi connectivity index (χ0n) is 14.1. The van der Waals surface area contributed by atoms with Gasteiger partial charge in [-0.3, -0.25) is 9.69 Å². The molecule has 5 nitrogen and oxygen atoms in total. The van der Waals surface area contributed by atoms with Gasteiger partial charge in [0.15, 0.2) is 0 Å². The van der Waals surface area contributed by atoms with Crippen LogP contribution in [0.5, 0.6) is 0 Å². The number of imide groups is 1. The maximum atomic E-state index is 12.1. The summed E-state index contributed by atoms with van der Waals surface area (Å²) < 4.78 is 0. The SMILES string of the molecule is CCCCN(CCCC)CCCN1C(=O)NC(C)(C)C1=O. The molecule has 1 saturated heterocycles. The molecule has 122 valence electrons. The zero-order chi connectivity index (χ0) is 15.9. The molecular weight excluding hydrogens is 266 g/mol. The first-order valence-electron chi connectivity index (χ1n) is 8.28. The lowest BCUT2D eigenvalue weighted by Gasteiger charge is -2.23. The van der Waals surface area contributed by atoms with Crippen LogP contribution < -0.4 is 5.32 Å². The number of urea groups is 1. The molecule has 0 aromatic heterocycles. The summed E-state index contributed by atoms with van der Waals surface area (Å²) >= 11 is 0. The molecule has 0 atom stereocenters. The van der Waals surface area contributed by atoms with E-state index in [1.165, 1.54) is 30.6 Å². The second-order valence-electron chi connectivity index (χ2n) is 6.41. The molecule has 21 heavy (non-hydrogen) atoms. The lowest BCUT2D eigenvalue weighted by molar-refractivity contribution is -0.130. The third-order valence-electron chi connectivity index (χ3n) is 3.96. The molecule has 1 aliphatic rings. The van der Waals surface area contributed by atoms with Crippen molar-refractivity contribution in [3.8, 4) is 0 Å². The third kappa shape index (κ3) is 5.30. The Hall–Kier alpha value is -1.10. The van der Waals surface area contributed by atoms with E-state index < -0.39 is 5.54 Å². The highest BCUT2D eigenvalue weighted by Gasteiger charge is 2.43. The quantitative estimate of drug-likeness (QED) is 0.631. The second kappa shape index (κ2) is 8.37. The molecule has 1 aliphatic heterocycles. The van der Waals surface area contributed by atoms with Gasteiger partial charge in [-0.15, -0.1) is 0 Å². The van der Waals surface area contributed by atoms with Gasteiger partial charge in [-0.1, -0.05) is 26.7 Å². The molecule has 1 rings (SSSR count). The lowest BCUT2D eigenvalue weighted by atomic mass is 10.1. The van der Waals surface area contributed by atoms with Gasteiger partial charge in [-0.25, -0.2) is 4.79 Å². The Kier molecular flexibility index (Phi) is 7.15. The van der Waals surface area contributed by atoms with Gasteiger partial charge >= 0.3 is 6.03 Å². The average molecular weight is 297 g/mol. The van der Waals surface area contributed by atoms with E-state index in [0.29, 0.717) is 6.54 Å². The number of hydrogen-bond acceptors (Lipinski definition) is 3. The number of unbranched alkanes of at least 4 members (excludes halogenated alkanes) is 2. The maximum absolute atomic E-state index is 12.1. The topological polar surface area (TPSA) is 52.6 Å². The number of nitrogens with one attached hydrogen (secondary N) is 1. The molecule has 0 radical (unpaired) electrons. The summed E-state index contributed by atoms with van der Waals surface area (Å²) in [4.78, 5) is 27.7. The Balaban J connectivity index is 2.39. The Morgan fingerprint density at radius 2 is 1.52 bits per heavy atom. The fourth-order valence-corrected chi connectivity index (χ4v) is 2.57. The van der Waals surface area contributed by atoms with Gasteiger partial charge < -0.3 is 10.2 Å². The van der Waals surface area contributed by atoms with Crippen molar-refractivity contribution in [2.75, 3.05) is 26.2 Å². The monoisotopic (exact) mass is 297 g/mol. The van der Waals surface area contributed by atoms with Gasteiger partial charge in [0.25, 0.3) is 5.91 Å². The summed E-state index contributed by atoms with van der Waals surface area (Å²) in [5.74, 6) is -0.110. The van der Waals surface area contributed by atoms with Crippen LogP contribution in [0.3, 0.4) is 0 Å². The molecule has 0 unspecified atom stereocenters. The van der Waals surface area contributed by atoms with Crippen molar-refractivity contribution in [3.05, 3.63) is 0 Å². The maximum Gasteiger partial charge on any atom is 0.325 e. The first-order valence-corrected chi connectivity index (χ1v) is 8.28. The summed E-state index contributed by atoms with van der Waals surface area (Å²) in [6, 6.07) is -0.251. The summed E-state index contributed by atoms with van der Waals surface area (Å²) in [7, 11) is 0. The zero-order valence-corrected chi connectivity index (χ0v) is 14.1. The number of rotatable bonds is 10. The van der Waals surface area contributed by atoms with Crippen LogP contribution >= 0.6 is 0 Å². The molecular formula is C16H31N3O2. The molecule has 1 N–H and O–H groups in total. The molecule has 0 spiro atoms. The Labute approximate surface area is 129 Å². The number of nitrogens with zero attached hydrogens (tertiary/aromatic N) is 2. The van der Waals surface area contributed by atoms with Crippen molar-refractivity contribution in [1.29, 1.82) is 0 Å². The van der Waals surface area contributed by atoms with E-state index in [0.717, 1.165) is 26.1 Å². The van der Waals surface area contributed by atoms with Gasteiger partial charge in [0.2, 0.25) is 0 Å². The van der Waals surface area contributed by atoms with Crippen molar-refractivity contribution in [2.45, 2.75) is 65.3 Å². The van der Waals surface area contributed by atoms with Gasteiger partial charge in [0.1, 0.15) is 5.54 Å². The molecule has 1 heterocycles. The highest BCUT2D eigenvalue weighted by atomic mass is 16.2. The van der Waals surface area contributed by atoms with Crippen LogP contribution in [0.1, 0.15) is 59.8 Å². The van der Waals surface area contributed by atoms with E-state index in [2.05, 4.69) is 24.1 Å². The van der Waals surface area contributed by atoms with E-state index in [1.807, 2.05) is 0 Å². The average Bonchev–Trinajstić information content (AvgIpc) is 2.62. The van der Waals surface area contributed by atoms with E-state index in [1.54, 1.807) is 13.8 Å². The number of carbonyl (C=O) groups is 2.